The molecule has 1 N–H and O–H groups in total. The van der Waals surface area contributed by atoms with Crippen molar-refractivity contribution in [2.75, 3.05) is 6.54 Å². The Bertz CT molecular complexity index is 394. The lowest BCUT2D eigenvalue weighted by atomic mass is 9.75. The largest absolute Gasteiger partial charge is 0.469 e. The minimum absolute atomic E-state index is 0.274. The maximum Gasteiger partial charge on any atom is 0.109 e. The molecule has 0 amide bonds. The molecule has 1 aromatic heterocycles. The summed E-state index contributed by atoms with van der Waals surface area (Å²) < 4.78 is 5.53. The molecule has 1 atom stereocenters. The number of hydrogen-bond donors (Lipinski definition) is 1. The monoisotopic (exact) mass is 239 g/mol. The molecule has 16 heavy (non-hydrogen) atoms. The van der Waals surface area contributed by atoms with Crippen LogP contribution in [0.2, 0.25) is 0 Å². The molecule has 1 unspecified atom stereocenters. The van der Waals surface area contributed by atoms with E-state index in [9.17, 15) is 0 Å². The first kappa shape index (κ1) is 11.7. The van der Waals surface area contributed by atoms with E-state index in [0.29, 0.717) is 17.6 Å². The van der Waals surface area contributed by atoms with Crippen molar-refractivity contribution in [1.29, 1.82) is 0 Å². The fraction of sp³-hybridized carbons (Fsp3) is 0.538. The maximum atomic E-state index is 5.79. The summed E-state index contributed by atoms with van der Waals surface area (Å²) >= 11 is 5.79. The molecule has 1 aliphatic rings. The second-order valence-electron chi connectivity index (χ2n) is 5.29. The van der Waals surface area contributed by atoms with Crippen molar-refractivity contribution in [2.45, 2.75) is 32.7 Å². The van der Waals surface area contributed by atoms with Gasteiger partial charge in [0.15, 0.2) is 0 Å². The van der Waals surface area contributed by atoms with Gasteiger partial charge >= 0.3 is 0 Å². The van der Waals surface area contributed by atoms with Crippen molar-refractivity contribution in [3.63, 3.8) is 0 Å². The van der Waals surface area contributed by atoms with E-state index >= 15 is 0 Å². The van der Waals surface area contributed by atoms with Crippen LogP contribution in [0.25, 0.3) is 0 Å². The smallest absolute Gasteiger partial charge is 0.109 e. The molecule has 1 aliphatic carbocycles. The Morgan fingerprint density at radius 3 is 3.12 bits per heavy atom. The van der Waals surface area contributed by atoms with Crippen LogP contribution < -0.4 is 5.32 Å². The Kier molecular flexibility index (Phi) is 3.13. The number of fused-ring (bicyclic) bond motifs is 1. The molecule has 0 radical (unpaired) electrons. The van der Waals surface area contributed by atoms with Gasteiger partial charge in [0, 0.05) is 29.6 Å². The lowest BCUT2D eigenvalue weighted by molar-refractivity contribution is 0.238. The highest BCUT2D eigenvalue weighted by atomic mass is 35.5. The minimum Gasteiger partial charge on any atom is -0.469 e. The van der Waals surface area contributed by atoms with Gasteiger partial charge in [-0.25, -0.2) is 0 Å². The van der Waals surface area contributed by atoms with Crippen molar-refractivity contribution in [3.05, 3.63) is 35.3 Å². The van der Waals surface area contributed by atoms with Crippen molar-refractivity contribution >= 4 is 11.6 Å². The van der Waals surface area contributed by atoms with E-state index in [0.717, 1.165) is 18.6 Å². The summed E-state index contributed by atoms with van der Waals surface area (Å²) in [6.07, 6.45) is 3.88. The summed E-state index contributed by atoms with van der Waals surface area (Å²) in [6.45, 7) is 8.88. The molecule has 0 aliphatic heterocycles. The normalized spacial score (nSPS) is 22.8. The van der Waals surface area contributed by atoms with Crippen LogP contribution in [0.1, 0.15) is 37.6 Å². The summed E-state index contributed by atoms with van der Waals surface area (Å²) in [7, 11) is 0. The van der Waals surface area contributed by atoms with Gasteiger partial charge in [-0.05, 0) is 17.9 Å². The molecule has 0 aromatic carbocycles. The van der Waals surface area contributed by atoms with E-state index in [4.69, 9.17) is 16.0 Å². The molecule has 0 saturated carbocycles. The van der Waals surface area contributed by atoms with Crippen molar-refractivity contribution in [1.82, 2.24) is 5.32 Å². The Morgan fingerprint density at radius 2 is 2.44 bits per heavy atom. The summed E-state index contributed by atoms with van der Waals surface area (Å²) in [5.41, 5.74) is 1.55. The molecule has 0 fully saturated rings. The van der Waals surface area contributed by atoms with Gasteiger partial charge in [0.25, 0.3) is 0 Å². The van der Waals surface area contributed by atoms with Crippen molar-refractivity contribution in [3.8, 4) is 0 Å². The first-order valence-electron chi connectivity index (χ1n) is 5.61. The fourth-order valence-corrected chi connectivity index (χ4v) is 2.47. The molecule has 1 aromatic rings. The molecule has 0 spiro atoms. The van der Waals surface area contributed by atoms with E-state index in [2.05, 4.69) is 31.8 Å². The molecular formula is C13H18ClNO. The first-order valence-corrected chi connectivity index (χ1v) is 5.99. The molecular weight excluding hydrogens is 222 g/mol. The van der Waals surface area contributed by atoms with E-state index in [1.165, 1.54) is 5.56 Å². The van der Waals surface area contributed by atoms with Gasteiger partial charge in [-0.3, -0.25) is 0 Å². The van der Waals surface area contributed by atoms with Gasteiger partial charge < -0.3 is 9.73 Å². The third-order valence-electron chi connectivity index (χ3n) is 3.09. The van der Waals surface area contributed by atoms with Crippen LogP contribution in [0.3, 0.4) is 0 Å². The number of halogens is 1. The maximum absolute atomic E-state index is 5.79. The van der Waals surface area contributed by atoms with Crippen LogP contribution in [-0.4, -0.2) is 6.54 Å². The predicted molar refractivity (Wildman–Crippen MR) is 66.5 cm³/mol. The van der Waals surface area contributed by atoms with Crippen LogP contribution in [0, 0.1) is 5.41 Å². The van der Waals surface area contributed by atoms with Crippen LogP contribution in [0.15, 0.2) is 28.4 Å². The Morgan fingerprint density at radius 1 is 1.69 bits per heavy atom. The SMILES string of the molecule is C=C(Cl)CNC1CC(C)(C)Cc2occc21. The molecule has 0 bridgehead atoms. The zero-order valence-electron chi connectivity index (χ0n) is 9.85. The van der Waals surface area contributed by atoms with E-state index in [-0.39, 0.29) is 5.41 Å². The van der Waals surface area contributed by atoms with Crippen LogP contribution in [-0.2, 0) is 6.42 Å². The first-order chi connectivity index (χ1) is 7.48. The van der Waals surface area contributed by atoms with Gasteiger partial charge in [0.1, 0.15) is 5.76 Å². The van der Waals surface area contributed by atoms with Crippen molar-refractivity contribution < 1.29 is 4.42 Å². The molecule has 3 heteroatoms. The van der Waals surface area contributed by atoms with Crippen molar-refractivity contribution in [2.24, 2.45) is 5.41 Å². The molecule has 2 nitrogen and oxygen atoms in total. The van der Waals surface area contributed by atoms with Gasteiger partial charge in [0.05, 0.1) is 6.26 Å². The highest BCUT2D eigenvalue weighted by Gasteiger charge is 2.33. The van der Waals surface area contributed by atoms with E-state index < -0.39 is 0 Å². The zero-order valence-corrected chi connectivity index (χ0v) is 10.6. The van der Waals surface area contributed by atoms with Crippen LogP contribution >= 0.6 is 11.6 Å². The molecule has 88 valence electrons. The number of nitrogens with one attached hydrogen (secondary N) is 1. The number of hydrogen-bond acceptors (Lipinski definition) is 2. The average molecular weight is 240 g/mol. The zero-order chi connectivity index (χ0) is 11.8. The van der Waals surface area contributed by atoms with E-state index in [1.54, 1.807) is 6.26 Å². The standard InChI is InChI=1S/C13H18ClNO/c1-9(14)8-15-11-6-13(2,3)7-12-10(11)4-5-16-12/h4-5,11,15H,1,6-8H2,2-3H3. The van der Waals surface area contributed by atoms with E-state index in [1.807, 2.05) is 0 Å². The molecule has 0 saturated heterocycles. The third kappa shape index (κ3) is 2.50. The Hall–Kier alpha value is -0.730. The summed E-state index contributed by atoms with van der Waals surface area (Å²) in [5, 5.41) is 4.07. The molecule has 2 rings (SSSR count). The second-order valence-corrected chi connectivity index (χ2v) is 5.83. The van der Waals surface area contributed by atoms with Gasteiger partial charge in [-0.2, -0.15) is 0 Å². The summed E-state index contributed by atoms with van der Waals surface area (Å²) in [4.78, 5) is 0. The quantitative estimate of drug-likeness (QED) is 0.871. The topological polar surface area (TPSA) is 25.2 Å². The average Bonchev–Trinajstić information content (AvgIpc) is 2.59. The van der Waals surface area contributed by atoms with Gasteiger partial charge in [-0.15, -0.1) is 0 Å². The Labute approximate surface area is 102 Å². The highest BCUT2D eigenvalue weighted by Crippen LogP contribution is 2.41. The minimum atomic E-state index is 0.274. The third-order valence-corrected chi connectivity index (χ3v) is 3.23. The van der Waals surface area contributed by atoms with Gasteiger partial charge in [0.2, 0.25) is 0 Å². The Balaban J connectivity index is 2.16. The highest BCUT2D eigenvalue weighted by molar-refractivity contribution is 6.29. The molecule has 1 heterocycles. The van der Waals surface area contributed by atoms with Crippen LogP contribution in [0.5, 0.6) is 0 Å². The predicted octanol–water partition coefficient (Wildman–Crippen LogP) is 3.64. The lowest BCUT2D eigenvalue weighted by Gasteiger charge is -2.34. The second kappa shape index (κ2) is 4.27. The summed E-state index contributed by atoms with van der Waals surface area (Å²) in [5.74, 6) is 1.11. The van der Waals surface area contributed by atoms with Crippen LogP contribution in [0.4, 0.5) is 0 Å². The summed E-state index contributed by atoms with van der Waals surface area (Å²) in [6, 6.07) is 2.38. The van der Waals surface area contributed by atoms with Gasteiger partial charge in [-0.1, -0.05) is 32.0 Å². The lowest BCUT2D eigenvalue weighted by Crippen LogP contribution is -2.33. The number of furan rings is 1. The fourth-order valence-electron chi connectivity index (χ4n) is 2.39. The number of rotatable bonds is 3.